The van der Waals surface area contributed by atoms with Gasteiger partial charge in [0.2, 0.25) is 11.8 Å². The first-order valence-electron chi connectivity index (χ1n) is 13.9. The number of amides is 2. The number of thiophene rings is 2. The van der Waals surface area contributed by atoms with E-state index in [0.717, 1.165) is 59.4 Å². The molecule has 0 saturated heterocycles. The van der Waals surface area contributed by atoms with Gasteiger partial charge in [-0.3, -0.25) is 9.59 Å². The number of rotatable bonds is 10. The van der Waals surface area contributed by atoms with Gasteiger partial charge in [0.1, 0.15) is 10.0 Å². The van der Waals surface area contributed by atoms with Gasteiger partial charge in [0.25, 0.3) is 0 Å². The fourth-order valence-electron chi connectivity index (χ4n) is 5.30. The highest BCUT2D eigenvalue weighted by atomic mass is 32.1. The summed E-state index contributed by atoms with van der Waals surface area (Å²) in [5.41, 5.74) is 2.96. The number of anilines is 2. The number of fused-ring (bicyclic) bond motifs is 2. The van der Waals surface area contributed by atoms with Crippen LogP contribution < -0.4 is 10.6 Å². The summed E-state index contributed by atoms with van der Waals surface area (Å²) in [4.78, 5) is 53.2. The van der Waals surface area contributed by atoms with E-state index >= 15 is 0 Å². The molecule has 4 rings (SSSR count). The Morgan fingerprint density at radius 3 is 1.54 bits per heavy atom. The van der Waals surface area contributed by atoms with E-state index in [0.29, 0.717) is 39.4 Å². The van der Waals surface area contributed by atoms with Gasteiger partial charge in [-0.2, -0.15) is 0 Å². The molecule has 0 bridgehead atoms. The predicted molar refractivity (Wildman–Crippen MR) is 154 cm³/mol. The predicted octanol–water partition coefficient (Wildman–Crippen LogP) is 6.16. The van der Waals surface area contributed by atoms with Crippen LogP contribution in [0, 0.1) is 11.8 Å². The highest BCUT2D eigenvalue weighted by Crippen LogP contribution is 2.41. The fourth-order valence-corrected chi connectivity index (χ4v) is 8.13. The first-order valence-corrected chi connectivity index (χ1v) is 15.6. The van der Waals surface area contributed by atoms with E-state index in [1.807, 2.05) is 0 Å². The van der Waals surface area contributed by atoms with Gasteiger partial charge in [-0.25, -0.2) is 9.59 Å². The summed E-state index contributed by atoms with van der Waals surface area (Å²) in [6.07, 6.45) is 6.00. The zero-order valence-corrected chi connectivity index (χ0v) is 24.8. The highest BCUT2D eigenvalue weighted by Gasteiger charge is 2.30. The molecule has 0 aromatic carbocycles. The Kier molecular flexibility index (Phi) is 9.82. The van der Waals surface area contributed by atoms with Crippen molar-refractivity contribution in [3.8, 4) is 0 Å². The van der Waals surface area contributed by atoms with E-state index in [4.69, 9.17) is 9.47 Å². The van der Waals surface area contributed by atoms with E-state index in [-0.39, 0.29) is 37.9 Å². The maximum atomic E-state index is 12.8. The summed E-state index contributed by atoms with van der Waals surface area (Å²) < 4.78 is 10.6. The maximum Gasteiger partial charge on any atom is 0.341 e. The van der Waals surface area contributed by atoms with Crippen LogP contribution in [0.1, 0.15) is 101 Å². The third-order valence-corrected chi connectivity index (χ3v) is 9.64. The summed E-state index contributed by atoms with van der Waals surface area (Å²) in [7, 11) is 0. The van der Waals surface area contributed by atoms with Crippen LogP contribution in [0.2, 0.25) is 0 Å². The van der Waals surface area contributed by atoms with Gasteiger partial charge in [-0.15, -0.1) is 22.7 Å². The molecule has 8 nitrogen and oxygen atoms in total. The van der Waals surface area contributed by atoms with Crippen molar-refractivity contribution < 1.29 is 28.7 Å². The van der Waals surface area contributed by atoms with Gasteiger partial charge < -0.3 is 20.1 Å². The Balaban J connectivity index is 1.37. The molecule has 10 heteroatoms. The van der Waals surface area contributed by atoms with E-state index in [1.165, 1.54) is 22.7 Å². The van der Waals surface area contributed by atoms with Crippen LogP contribution in [0.15, 0.2) is 0 Å². The summed E-state index contributed by atoms with van der Waals surface area (Å²) >= 11 is 2.91. The summed E-state index contributed by atoms with van der Waals surface area (Å²) in [5.74, 6) is -0.209. The van der Waals surface area contributed by atoms with Gasteiger partial charge in [0.05, 0.1) is 24.3 Å². The molecule has 2 N–H and O–H groups in total. The van der Waals surface area contributed by atoms with Gasteiger partial charge in [0.15, 0.2) is 0 Å². The number of hydrogen-bond donors (Lipinski definition) is 2. The lowest BCUT2D eigenvalue weighted by molar-refractivity contribution is -0.117. The van der Waals surface area contributed by atoms with Gasteiger partial charge in [-0.1, -0.05) is 13.8 Å². The van der Waals surface area contributed by atoms with Gasteiger partial charge in [-0.05, 0) is 81.8 Å². The van der Waals surface area contributed by atoms with E-state index in [9.17, 15) is 19.2 Å². The van der Waals surface area contributed by atoms with E-state index in [2.05, 4.69) is 24.5 Å². The molecule has 0 spiro atoms. The van der Waals surface area contributed by atoms with Crippen molar-refractivity contribution in [1.29, 1.82) is 0 Å². The lowest BCUT2D eigenvalue weighted by Crippen LogP contribution is -2.18. The number of carbonyl (C=O) groups is 4. The van der Waals surface area contributed by atoms with Gasteiger partial charge >= 0.3 is 11.9 Å². The monoisotopic (exact) mass is 574 g/mol. The quantitative estimate of drug-likeness (QED) is 0.329. The van der Waals surface area contributed by atoms with E-state index in [1.54, 1.807) is 13.8 Å². The lowest BCUT2D eigenvalue weighted by Gasteiger charge is -2.18. The molecule has 2 unspecified atom stereocenters. The zero-order chi connectivity index (χ0) is 28.1. The minimum atomic E-state index is -0.398. The van der Waals surface area contributed by atoms with Crippen molar-refractivity contribution in [2.75, 3.05) is 23.8 Å². The molecule has 2 aliphatic rings. The van der Waals surface area contributed by atoms with Crippen molar-refractivity contribution in [3.05, 3.63) is 32.0 Å². The Morgan fingerprint density at radius 1 is 0.744 bits per heavy atom. The third kappa shape index (κ3) is 6.90. The Labute approximate surface area is 237 Å². The maximum absolute atomic E-state index is 12.8. The molecule has 0 radical (unpaired) electrons. The average Bonchev–Trinajstić information content (AvgIpc) is 3.40. The lowest BCUT2D eigenvalue weighted by atomic mass is 9.88. The number of nitrogens with one attached hydrogen (secondary N) is 2. The molecule has 0 aliphatic heterocycles. The van der Waals surface area contributed by atoms with Crippen molar-refractivity contribution in [2.24, 2.45) is 11.8 Å². The van der Waals surface area contributed by atoms with Crippen LogP contribution in [0.4, 0.5) is 10.0 Å². The molecule has 0 saturated carbocycles. The van der Waals surface area contributed by atoms with Crippen molar-refractivity contribution >= 4 is 56.4 Å². The smallest absolute Gasteiger partial charge is 0.341 e. The van der Waals surface area contributed by atoms with E-state index < -0.39 is 11.9 Å². The van der Waals surface area contributed by atoms with Crippen LogP contribution in [-0.4, -0.2) is 37.0 Å². The zero-order valence-electron chi connectivity index (χ0n) is 23.2. The molecular formula is C29H38N2O6S2. The minimum absolute atomic E-state index is 0.137. The number of ether oxygens (including phenoxy) is 2. The first kappa shape index (κ1) is 29.3. The average molecular weight is 575 g/mol. The summed E-state index contributed by atoms with van der Waals surface area (Å²) in [6.45, 7) is 8.46. The largest absolute Gasteiger partial charge is 0.462 e. The fraction of sp³-hybridized carbons (Fsp3) is 0.586. The molecule has 2 atom stereocenters. The molecule has 2 aromatic rings. The second kappa shape index (κ2) is 13.1. The van der Waals surface area contributed by atoms with Crippen LogP contribution in [-0.2, 0) is 44.7 Å². The Bertz CT molecular complexity index is 1150. The SMILES string of the molecule is CCOC(=O)c1c(NC(=O)CCCC(=O)Nc2sc3c(c2C(=O)OCC)CCC(C)C3)sc2c1CCC(C)C2. The molecule has 2 heterocycles. The van der Waals surface area contributed by atoms with Crippen molar-refractivity contribution in [2.45, 2.75) is 85.5 Å². The molecular weight excluding hydrogens is 536 g/mol. The third-order valence-electron chi connectivity index (χ3n) is 7.30. The number of hydrogen-bond acceptors (Lipinski definition) is 8. The molecule has 2 aromatic heterocycles. The second-order valence-electron chi connectivity index (χ2n) is 10.5. The van der Waals surface area contributed by atoms with Crippen LogP contribution in [0.25, 0.3) is 0 Å². The van der Waals surface area contributed by atoms with Crippen molar-refractivity contribution in [3.63, 3.8) is 0 Å². The minimum Gasteiger partial charge on any atom is -0.462 e. The van der Waals surface area contributed by atoms with Crippen molar-refractivity contribution in [1.82, 2.24) is 0 Å². The first-order chi connectivity index (χ1) is 18.7. The molecule has 39 heavy (non-hydrogen) atoms. The normalized spacial score (nSPS) is 18.1. The molecule has 212 valence electrons. The van der Waals surface area contributed by atoms with Crippen LogP contribution in [0.3, 0.4) is 0 Å². The summed E-state index contributed by atoms with van der Waals surface area (Å²) in [5, 5.41) is 6.90. The number of esters is 2. The Hall–Kier alpha value is -2.72. The molecule has 0 fully saturated rings. The molecule has 2 aliphatic carbocycles. The summed E-state index contributed by atoms with van der Waals surface area (Å²) in [6, 6.07) is 0. The second-order valence-corrected chi connectivity index (χ2v) is 12.7. The molecule has 2 amide bonds. The highest BCUT2D eigenvalue weighted by molar-refractivity contribution is 7.17. The number of carbonyl (C=O) groups excluding carboxylic acids is 4. The topological polar surface area (TPSA) is 111 Å². The van der Waals surface area contributed by atoms with Gasteiger partial charge in [0, 0.05) is 22.6 Å². The van der Waals surface area contributed by atoms with Crippen LogP contribution >= 0.6 is 22.7 Å². The van der Waals surface area contributed by atoms with Crippen LogP contribution in [0.5, 0.6) is 0 Å². The Morgan fingerprint density at radius 2 is 1.15 bits per heavy atom. The standard InChI is InChI=1S/C29H38N2O6S2/c1-5-36-28(34)24-18-12-10-16(3)14-20(18)38-26(24)30-22(32)8-7-9-23(33)31-27-25(29(35)37-6-2)19-13-11-17(4)15-21(19)39-27/h16-17H,5-15H2,1-4H3,(H,30,32)(H,31,33).